The molecule has 8 heteroatoms. The second-order valence-corrected chi connectivity index (χ2v) is 8.72. The molecule has 2 atom stereocenters. The Balaban J connectivity index is 1.74. The molecule has 34 heavy (non-hydrogen) atoms. The molecule has 0 saturated carbocycles. The van der Waals surface area contributed by atoms with Crippen LogP contribution in [0.25, 0.3) is 0 Å². The maximum atomic E-state index is 12.3. The van der Waals surface area contributed by atoms with E-state index in [1.165, 1.54) is 0 Å². The zero-order valence-electron chi connectivity index (χ0n) is 19.2. The molecule has 0 aliphatic heterocycles. The van der Waals surface area contributed by atoms with Gasteiger partial charge in [0.1, 0.15) is 0 Å². The van der Waals surface area contributed by atoms with Crippen molar-refractivity contribution in [2.75, 3.05) is 26.3 Å². The molecule has 2 aromatic carbocycles. The van der Waals surface area contributed by atoms with E-state index in [4.69, 9.17) is 10.2 Å². The number of rotatable bonds is 12. The highest BCUT2D eigenvalue weighted by Crippen LogP contribution is 2.46. The van der Waals surface area contributed by atoms with Crippen molar-refractivity contribution in [2.24, 2.45) is 0 Å². The molecule has 8 nitrogen and oxygen atoms in total. The summed E-state index contributed by atoms with van der Waals surface area (Å²) in [6, 6.07) is 16.2. The van der Waals surface area contributed by atoms with Crippen molar-refractivity contribution >= 4 is 11.8 Å². The van der Waals surface area contributed by atoms with Crippen LogP contribution in [0.2, 0.25) is 0 Å². The number of hydrogen-bond acceptors (Lipinski definition) is 6. The van der Waals surface area contributed by atoms with Crippen LogP contribution < -0.4 is 10.6 Å². The van der Waals surface area contributed by atoms with E-state index in [9.17, 15) is 19.8 Å². The molecule has 0 radical (unpaired) electrons. The summed E-state index contributed by atoms with van der Waals surface area (Å²) in [5, 5.41) is 42.1. The lowest BCUT2D eigenvalue weighted by molar-refractivity contribution is -0.122. The van der Waals surface area contributed by atoms with Crippen LogP contribution in [-0.4, -0.2) is 70.8 Å². The predicted octanol–water partition coefficient (Wildman–Crippen LogP) is 0.763. The topological polar surface area (TPSA) is 139 Å². The minimum absolute atomic E-state index is 0.0205. The number of amides is 2. The smallest absolute Gasteiger partial charge is 0.220 e. The molecular weight excluding hydrogens is 436 g/mol. The lowest BCUT2D eigenvalue weighted by Crippen LogP contribution is -2.34. The van der Waals surface area contributed by atoms with Crippen LogP contribution in [0, 0.1) is 0 Å². The number of fused-ring (bicyclic) bond motifs is 2. The summed E-state index contributed by atoms with van der Waals surface area (Å²) in [7, 11) is 0. The fourth-order valence-corrected chi connectivity index (χ4v) is 4.57. The Morgan fingerprint density at radius 3 is 1.29 bits per heavy atom. The number of benzene rings is 2. The standard InChI is InChI=1S/C26H34N2O6/c29-15-17(31)13-27-25(33)11-9-23-19-5-1-2-6-20(19)24(22-8-4-3-7-21(22)23)10-12-26(34)28-14-18(32)16-30/h1-8,17-18,23-24,29-32H,9-16H2,(H,27,33)(H,28,34). The second kappa shape index (κ2) is 12.6. The molecule has 6 N–H and O–H groups in total. The largest absolute Gasteiger partial charge is 0.394 e. The molecule has 0 bridgehead atoms. The van der Waals surface area contributed by atoms with Crippen LogP contribution in [0.1, 0.15) is 59.8 Å². The van der Waals surface area contributed by atoms with Gasteiger partial charge in [0.15, 0.2) is 0 Å². The maximum Gasteiger partial charge on any atom is 0.220 e. The summed E-state index contributed by atoms with van der Waals surface area (Å²) in [6.07, 6.45) is -0.171. The number of aliphatic hydroxyl groups is 4. The highest BCUT2D eigenvalue weighted by molar-refractivity contribution is 5.76. The van der Waals surface area contributed by atoms with E-state index >= 15 is 0 Å². The highest BCUT2D eigenvalue weighted by Gasteiger charge is 2.32. The lowest BCUT2D eigenvalue weighted by atomic mass is 9.70. The van der Waals surface area contributed by atoms with E-state index in [1.54, 1.807) is 0 Å². The van der Waals surface area contributed by atoms with Gasteiger partial charge in [0, 0.05) is 37.8 Å². The summed E-state index contributed by atoms with van der Waals surface area (Å²) < 4.78 is 0. The molecule has 2 amide bonds. The van der Waals surface area contributed by atoms with Crippen molar-refractivity contribution < 1.29 is 30.0 Å². The van der Waals surface area contributed by atoms with Gasteiger partial charge in [-0.05, 0) is 35.1 Å². The summed E-state index contributed by atoms with van der Waals surface area (Å²) in [5.74, 6) is -0.283. The van der Waals surface area contributed by atoms with Gasteiger partial charge in [-0.2, -0.15) is 0 Å². The van der Waals surface area contributed by atoms with Crippen LogP contribution in [0.15, 0.2) is 48.5 Å². The lowest BCUT2D eigenvalue weighted by Gasteiger charge is -2.34. The van der Waals surface area contributed by atoms with Crippen molar-refractivity contribution in [3.05, 3.63) is 70.8 Å². The molecule has 3 rings (SSSR count). The maximum absolute atomic E-state index is 12.3. The normalized spacial score (nSPS) is 18.4. The van der Waals surface area contributed by atoms with Gasteiger partial charge < -0.3 is 31.1 Å². The highest BCUT2D eigenvalue weighted by atomic mass is 16.3. The third-order valence-corrected chi connectivity index (χ3v) is 6.31. The van der Waals surface area contributed by atoms with Crippen molar-refractivity contribution in [1.29, 1.82) is 0 Å². The Labute approximate surface area is 199 Å². The summed E-state index contributed by atoms with van der Waals surface area (Å²) >= 11 is 0. The number of aliphatic hydroxyl groups excluding tert-OH is 4. The molecule has 1 aliphatic carbocycles. The van der Waals surface area contributed by atoms with Crippen molar-refractivity contribution in [3.8, 4) is 0 Å². The zero-order valence-corrected chi connectivity index (χ0v) is 19.2. The second-order valence-electron chi connectivity index (χ2n) is 8.72. The van der Waals surface area contributed by atoms with E-state index in [1.807, 2.05) is 24.3 Å². The molecule has 184 valence electrons. The minimum Gasteiger partial charge on any atom is -0.394 e. The zero-order chi connectivity index (χ0) is 24.5. The van der Waals surface area contributed by atoms with Crippen molar-refractivity contribution in [2.45, 2.75) is 49.7 Å². The molecule has 2 unspecified atom stereocenters. The van der Waals surface area contributed by atoms with E-state index in [2.05, 4.69) is 34.9 Å². The van der Waals surface area contributed by atoms with Gasteiger partial charge in [0.05, 0.1) is 25.4 Å². The molecule has 0 fully saturated rings. The first-order valence-electron chi connectivity index (χ1n) is 11.7. The Hall–Kier alpha value is -2.78. The number of hydrogen-bond donors (Lipinski definition) is 6. The van der Waals surface area contributed by atoms with Crippen molar-refractivity contribution in [3.63, 3.8) is 0 Å². The minimum atomic E-state index is -0.968. The molecule has 0 saturated heterocycles. The number of carbonyl (C=O) groups is 2. The van der Waals surface area contributed by atoms with E-state index < -0.39 is 25.4 Å². The fraction of sp³-hybridized carbons (Fsp3) is 0.462. The Kier molecular flexibility index (Phi) is 9.59. The van der Waals surface area contributed by atoms with E-state index in [-0.39, 0.29) is 49.6 Å². The van der Waals surface area contributed by atoms with Gasteiger partial charge in [-0.3, -0.25) is 9.59 Å². The average molecular weight is 471 g/mol. The first kappa shape index (κ1) is 25.8. The van der Waals surface area contributed by atoms with Gasteiger partial charge in [-0.1, -0.05) is 48.5 Å². The molecule has 0 heterocycles. The Morgan fingerprint density at radius 2 is 1.00 bits per heavy atom. The van der Waals surface area contributed by atoms with Crippen molar-refractivity contribution in [1.82, 2.24) is 10.6 Å². The molecular formula is C26H34N2O6. The third-order valence-electron chi connectivity index (χ3n) is 6.31. The molecule has 0 aromatic heterocycles. The fourth-order valence-electron chi connectivity index (χ4n) is 4.57. The Morgan fingerprint density at radius 1 is 0.676 bits per heavy atom. The van der Waals surface area contributed by atoms with Gasteiger partial charge in [-0.25, -0.2) is 0 Å². The molecule has 0 spiro atoms. The Bertz CT molecular complexity index is 842. The average Bonchev–Trinajstić information content (AvgIpc) is 2.87. The number of nitrogens with one attached hydrogen (secondary N) is 2. The van der Waals surface area contributed by atoms with Crippen LogP contribution in [0.4, 0.5) is 0 Å². The van der Waals surface area contributed by atoms with Gasteiger partial charge in [-0.15, -0.1) is 0 Å². The summed E-state index contributed by atoms with van der Waals surface area (Å²) in [4.78, 5) is 24.6. The molecule has 2 aromatic rings. The third kappa shape index (κ3) is 6.64. The van der Waals surface area contributed by atoms with Gasteiger partial charge in [0.25, 0.3) is 0 Å². The number of carbonyl (C=O) groups excluding carboxylic acids is 2. The van der Waals surface area contributed by atoms with E-state index in [0.29, 0.717) is 12.8 Å². The summed E-state index contributed by atoms with van der Waals surface area (Å²) in [6.45, 7) is -0.755. The SMILES string of the molecule is O=C(CCC1c2ccccc2C(CCC(=O)NCC(O)CO)c2ccccc21)NCC(O)CO. The van der Waals surface area contributed by atoms with Crippen LogP contribution in [0.3, 0.4) is 0 Å². The van der Waals surface area contributed by atoms with Gasteiger partial charge in [0.2, 0.25) is 11.8 Å². The predicted molar refractivity (Wildman–Crippen MR) is 127 cm³/mol. The van der Waals surface area contributed by atoms with Crippen LogP contribution in [-0.2, 0) is 9.59 Å². The first-order chi connectivity index (χ1) is 16.4. The first-order valence-corrected chi connectivity index (χ1v) is 11.7. The quantitative estimate of drug-likeness (QED) is 0.271. The van der Waals surface area contributed by atoms with E-state index in [0.717, 1.165) is 22.3 Å². The molecule has 1 aliphatic rings. The van der Waals surface area contributed by atoms with Crippen LogP contribution in [0.5, 0.6) is 0 Å². The summed E-state index contributed by atoms with van der Waals surface area (Å²) in [5.41, 5.74) is 4.58. The van der Waals surface area contributed by atoms with Crippen LogP contribution >= 0.6 is 0 Å². The van der Waals surface area contributed by atoms with Gasteiger partial charge >= 0.3 is 0 Å². The monoisotopic (exact) mass is 470 g/mol.